The lowest BCUT2D eigenvalue weighted by atomic mass is 10.1. The number of rotatable bonds is 7. The molecule has 1 amide bonds. The minimum atomic E-state index is -3.74. The molecule has 0 aliphatic heterocycles. The number of carbonyl (C=O) groups excluding carboxylic acids is 1. The third-order valence-electron chi connectivity index (χ3n) is 4.59. The molecule has 0 aromatic heterocycles. The highest BCUT2D eigenvalue weighted by molar-refractivity contribution is 7.92. The van der Waals surface area contributed by atoms with Gasteiger partial charge < -0.3 is 9.64 Å². The normalized spacial score (nSPS) is 11.0. The molecule has 0 saturated carbocycles. The molecule has 0 spiro atoms. The smallest absolute Gasteiger partial charge is 0.261 e. The van der Waals surface area contributed by atoms with Gasteiger partial charge in [-0.15, -0.1) is 0 Å². The maximum Gasteiger partial charge on any atom is 0.261 e. The van der Waals surface area contributed by atoms with Crippen LogP contribution in [-0.2, 0) is 16.6 Å². The summed E-state index contributed by atoms with van der Waals surface area (Å²) in [5.74, 6) is 0.509. The Morgan fingerprint density at radius 1 is 1.00 bits per heavy atom. The van der Waals surface area contributed by atoms with Gasteiger partial charge in [0.05, 0.1) is 12.0 Å². The van der Waals surface area contributed by atoms with Crippen LogP contribution < -0.4 is 9.46 Å². The van der Waals surface area contributed by atoms with Gasteiger partial charge in [0.15, 0.2) is 0 Å². The van der Waals surface area contributed by atoms with E-state index in [1.54, 1.807) is 61.5 Å². The molecule has 0 bridgehead atoms. The predicted octanol–water partition coefficient (Wildman–Crippen LogP) is 4.08. The van der Waals surface area contributed by atoms with Crippen LogP contribution in [0.2, 0.25) is 0 Å². The zero-order valence-electron chi connectivity index (χ0n) is 17.1. The molecule has 0 unspecified atom stereocenters. The minimum Gasteiger partial charge on any atom is -0.497 e. The second-order valence-corrected chi connectivity index (χ2v) is 8.69. The monoisotopic (exact) mass is 424 g/mol. The molecule has 3 aromatic carbocycles. The van der Waals surface area contributed by atoms with Crippen LogP contribution in [0, 0.1) is 6.92 Å². The highest BCUT2D eigenvalue weighted by Gasteiger charge is 2.17. The zero-order chi connectivity index (χ0) is 21.7. The quantitative estimate of drug-likeness (QED) is 0.620. The summed E-state index contributed by atoms with van der Waals surface area (Å²) in [4.78, 5) is 14.6. The SMILES string of the molecule is COc1cccc(CN(C)C(=O)c2cccc(NS(=O)(=O)c3ccc(C)cc3)c2)c1. The molecule has 0 heterocycles. The number of benzene rings is 3. The first kappa shape index (κ1) is 21.4. The highest BCUT2D eigenvalue weighted by Crippen LogP contribution is 2.20. The van der Waals surface area contributed by atoms with E-state index in [1.165, 1.54) is 6.07 Å². The summed E-state index contributed by atoms with van der Waals surface area (Å²) < 4.78 is 33.0. The molecule has 0 saturated heterocycles. The summed E-state index contributed by atoms with van der Waals surface area (Å²) in [6.07, 6.45) is 0. The zero-order valence-corrected chi connectivity index (χ0v) is 17.9. The first-order chi connectivity index (χ1) is 14.3. The maximum absolute atomic E-state index is 12.8. The lowest BCUT2D eigenvalue weighted by Gasteiger charge is -2.18. The number of nitrogens with zero attached hydrogens (tertiary/aromatic N) is 1. The van der Waals surface area contributed by atoms with Crippen molar-refractivity contribution in [2.75, 3.05) is 18.9 Å². The summed E-state index contributed by atoms with van der Waals surface area (Å²) in [7, 11) is -0.444. The van der Waals surface area contributed by atoms with Crippen LogP contribution in [0.4, 0.5) is 5.69 Å². The van der Waals surface area contributed by atoms with Crippen LogP contribution in [0.15, 0.2) is 77.7 Å². The third-order valence-corrected chi connectivity index (χ3v) is 5.99. The Morgan fingerprint density at radius 3 is 2.40 bits per heavy atom. The number of methoxy groups -OCH3 is 1. The van der Waals surface area contributed by atoms with Crippen LogP contribution in [0.25, 0.3) is 0 Å². The van der Waals surface area contributed by atoms with Crippen molar-refractivity contribution >= 4 is 21.6 Å². The molecule has 3 aromatic rings. The van der Waals surface area contributed by atoms with E-state index in [0.29, 0.717) is 17.8 Å². The topological polar surface area (TPSA) is 75.7 Å². The first-order valence-corrected chi connectivity index (χ1v) is 10.8. The number of sulfonamides is 1. The number of carbonyl (C=O) groups is 1. The van der Waals surface area contributed by atoms with Gasteiger partial charge in [-0.3, -0.25) is 9.52 Å². The molecule has 0 fully saturated rings. The van der Waals surface area contributed by atoms with Crippen molar-refractivity contribution in [1.82, 2.24) is 4.90 Å². The molecule has 156 valence electrons. The molecule has 6 nitrogen and oxygen atoms in total. The van der Waals surface area contributed by atoms with E-state index in [2.05, 4.69) is 4.72 Å². The summed E-state index contributed by atoms with van der Waals surface area (Å²) >= 11 is 0. The first-order valence-electron chi connectivity index (χ1n) is 9.36. The second-order valence-electron chi connectivity index (χ2n) is 7.01. The van der Waals surface area contributed by atoms with Crippen molar-refractivity contribution in [3.8, 4) is 5.75 Å². The minimum absolute atomic E-state index is 0.167. The third kappa shape index (κ3) is 5.18. The molecule has 1 N–H and O–H groups in total. The largest absolute Gasteiger partial charge is 0.497 e. The van der Waals surface area contributed by atoms with Gasteiger partial charge in [-0.1, -0.05) is 35.9 Å². The fourth-order valence-electron chi connectivity index (χ4n) is 2.98. The highest BCUT2D eigenvalue weighted by atomic mass is 32.2. The van der Waals surface area contributed by atoms with E-state index < -0.39 is 10.0 Å². The molecule has 0 aliphatic carbocycles. The predicted molar refractivity (Wildman–Crippen MR) is 117 cm³/mol. The molecular weight excluding hydrogens is 400 g/mol. The van der Waals surface area contributed by atoms with Gasteiger partial charge in [-0.25, -0.2) is 8.42 Å². The molecule has 30 heavy (non-hydrogen) atoms. The number of ether oxygens (including phenoxy) is 1. The van der Waals surface area contributed by atoms with Crippen molar-refractivity contribution in [3.63, 3.8) is 0 Å². The van der Waals surface area contributed by atoms with Crippen LogP contribution in [-0.4, -0.2) is 33.4 Å². The lowest BCUT2D eigenvalue weighted by molar-refractivity contribution is 0.0785. The molecule has 0 atom stereocenters. The van der Waals surface area contributed by atoms with E-state index in [1.807, 2.05) is 31.2 Å². The summed E-state index contributed by atoms with van der Waals surface area (Å²) in [6.45, 7) is 2.29. The number of amides is 1. The Balaban J connectivity index is 1.75. The van der Waals surface area contributed by atoms with Crippen molar-refractivity contribution in [3.05, 3.63) is 89.5 Å². The number of hydrogen-bond acceptors (Lipinski definition) is 4. The van der Waals surface area contributed by atoms with Crippen molar-refractivity contribution in [2.24, 2.45) is 0 Å². The lowest BCUT2D eigenvalue weighted by Crippen LogP contribution is -2.26. The number of hydrogen-bond donors (Lipinski definition) is 1. The van der Waals surface area contributed by atoms with E-state index in [4.69, 9.17) is 4.74 Å². The van der Waals surface area contributed by atoms with Crippen molar-refractivity contribution in [2.45, 2.75) is 18.4 Å². The Kier molecular flexibility index (Phi) is 6.42. The Bertz CT molecular complexity index is 1140. The van der Waals surface area contributed by atoms with Gasteiger partial charge in [-0.2, -0.15) is 0 Å². The van der Waals surface area contributed by atoms with Gasteiger partial charge in [0.25, 0.3) is 15.9 Å². The maximum atomic E-state index is 12.8. The fraction of sp³-hybridized carbons (Fsp3) is 0.174. The van der Waals surface area contributed by atoms with Gasteiger partial charge >= 0.3 is 0 Å². The molecule has 0 radical (unpaired) electrons. The van der Waals surface area contributed by atoms with Gasteiger partial charge in [-0.05, 0) is 55.0 Å². The number of anilines is 1. The van der Waals surface area contributed by atoms with E-state index in [0.717, 1.165) is 16.9 Å². The molecule has 7 heteroatoms. The van der Waals surface area contributed by atoms with E-state index in [-0.39, 0.29) is 10.8 Å². The fourth-order valence-corrected chi connectivity index (χ4v) is 4.03. The average Bonchev–Trinajstić information content (AvgIpc) is 2.73. The van der Waals surface area contributed by atoms with Crippen LogP contribution in [0.1, 0.15) is 21.5 Å². The molecular formula is C23H24N2O4S. The van der Waals surface area contributed by atoms with E-state index >= 15 is 0 Å². The molecule has 3 rings (SSSR count). The summed E-state index contributed by atoms with van der Waals surface area (Å²) in [5.41, 5.74) is 2.63. The Morgan fingerprint density at radius 2 is 1.70 bits per heavy atom. The number of nitrogens with one attached hydrogen (secondary N) is 1. The van der Waals surface area contributed by atoms with Gasteiger partial charge in [0.2, 0.25) is 0 Å². The Hall–Kier alpha value is -3.32. The van der Waals surface area contributed by atoms with Crippen LogP contribution in [0.5, 0.6) is 5.75 Å². The summed E-state index contributed by atoms with van der Waals surface area (Å²) in [6, 6.07) is 20.5. The van der Waals surface area contributed by atoms with Crippen LogP contribution in [0.3, 0.4) is 0 Å². The van der Waals surface area contributed by atoms with Gasteiger partial charge in [0, 0.05) is 24.8 Å². The van der Waals surface area contributed by atoms with Crippen molar-refractivity contribution in [1.29, 1.82) is 0 Å². The van der Waals surface area contributed by atoms with Crippen LogP contribution >= 0.6 is 0 Å². The Labute approximate surface area is 177 Å². The number of aryl methyl sites for hydroxylation is 1. The standard InChI is InChI=1S/C23H24N2O4S/c1-17-10-12-22(13-11-17)30(27,28)24-20-8-5-7-19(15-20)23(26)25(2)16-18-6-4-9-21(14-18)29-3/h4-15,24H,16H2,1-3H3. The van der Waals surface area contributed by atoms with Gasteiger partial charge in [0.1, 0.15) is 5.75 Å². The van der Waals surface area contributed by atoms with Crippen molar-refractivity contribution < 1.29 is 17.9 Å². The van der Waals surface area contributed by atoms with E-state index in [9.17, 15) is 13.2 Å². The summed E-state index contributed by atoms with van der Waals surface area (Å²) in [5, 5.41) is 0. The average molecular weight is 425 g/mol. The second kappa shape index (κ2) is 9.00. The molecule has 0 aliphatic rings.